The van der Waals surface area contributed by atoms with Gasteiger partial charge in [0, 0.05) is 17.0 Å². The molecular weight excluding hydrogens is 282 g/mol. The van der Waals surface area contributed by atoms with Gasteiger partial charge in [0.15, 0.2) is 0 Å². The third-order valence-electron chi connectivity index (χ3n) is 3.36. The number of nitrogens with one attached hydrogen (secondary N) is 1. The lowest BCUT2D eigenvalue weighted by molar-refractivity contribution is 0.102. The summed E-state index contributed by atoms with van der Waals surface area (Å²) in [6.45, 7) is 1.82. The first-order valence-electron chi connectivity index (χ1n) is 6.68. The van der Waals surface area contributed by atoms with E-state index in [0.717, 1.165) is 5.56 Å². The molecule has 2 aromatic carbocycles. The molecule has 0 fully saturated rings. The Hall–Kier alpha value is -3.08. The lowest BCUT2D eigenvalue weighted by atomic mass is 10.1. The van der Waals surface area contributed by atoms with Crippen molar-refractivity contribution < 1.29 is 14.3 Å². The molecule has 5 nitrogen and oxygen atoms in total. The van der Waals surface area contributed by atoms with Gasteiger partial charge >= 0.3 is 5.63 Å². The predicted octanol–water partition coefficient (Wildman–Crippen LogP) is 3.06. The van der Waals surface area contributed by atoms with Crippen LogP contribution in [-0.2, 0) is 0 Å². The van der Waals surface area contributed by atoms with E-state index >= 15 is 0 Å². The van der Waals surface area contributed by atoms with Crippen molar-refractivity contribution in [2.24, 2.45) is 0 Å². The number of hydrogen-bond acceptors (Lipinski definition) is 4. The average molecular weight is 295 g/mol. The van der Waals surface area contributed by atoms with Crippen LogP contribution in [0.25, 0.3) is 11.0 Å². The zero-order valence-electron chi connectivity index (χ0n) is 11.8. The van der Waals surface area contributed by atoms with Crippen molar-refractivity contribution >= 4 is 22.6 Å². The van der Waals surface area contributed by atoms with E-state index < -0.39 is 5.63 Å². The van der Waals surface area contributed by atoms with E-state index in [0.29, 0.717) is 10.9 Å². The van der Waals surface area contributed by atoms with Crippen LogP contribution in [0.2, 0.25) is 0 Å². The van der Waals surface area contributed by atoms with Gasteiger partial charge in [0.1, 0.15) is 17.0 Å². The summed E-state index contributed by atoms with van der Waals surface area (Å²) in [5, 5.41) is 12.6. The molecule has 0 atom stereocenters. The van der Waals surface area contributed by atoms with Gasteiger partial charge < -0.3 is 14.8 Å². The van der Waals surface area contributed by atoms with Gasteiger partial charge in [0.05, 0.1) is 0 Å². The first kappa shape index (κ1) is 13.9. The average Bonchev–Trinajstić information content (AvgIpc) is 2.48. The summed E-state index contributed by atoms with van der Waals surface area (Å²) in [6.07, 6.45) is 0. The number of amides is 1. The predicted molar refractivity (Wildman–Crippen MR) is 83.3 cm³/mol. The Balaban J connectivity index is 1.99. The summed E-state index contributed by atoms with van der Waals surface area (Å²) < 4.78 is 5.11. The number of benzene rings is 2. The van der Waals surface area contributed by atoms with Crippen LogP contribution in [0.5, 0.6) is 5.75 Å². The molecule has 2 N–H and O–H groups in total. The minimum atomic E-state index is -0.667. The van der Waals surface area contributed by atoms with Gasteiger partial charge in [-0.05, 0) is 36.8 Å². The summed E-state index contributed by atoms with van der Waals surface area (Å²) in [7, 11) is 0. The maximum atomic E-state index is 12.2. The van der Waals surface area contributed by atoms with E-state index in [9.17, 15) is 14.7 Å². The van der Waals surface area contributed by atoms with Gasteiger partial charge in [0.25, 0.3) is 5.91 Å². The second kappa shape index (κ2) is 5.37. The van der Waals surface area contributed by atoms with Crippen molar-refractivity contribution in [3.63, 3.8) is 0 Å². The van der Waals surface area contributed by atoms with E-state index in [2.05, 4.69) is 5.32 Å². The summed E-state index contributed by atoms with van der Waals surface area (Å²) in [4.78, 5) is 24.2. The molecule has 0 radical (unpaired) electrons. The smallest absolute Gasteiger partial charge is 0.360 e. The molecule has 0 aliphatic carbocycles. The molecule has 1 amide bonds. The number of hydrogen-bond donors (Lipinski definition) is 2. The molecule has 110 valence electrons. The minimum absolute atomic E-state index is 0.00680. The Morgan fingerprint density at radius 3 is 2.68 bits per heavy atom. The van der Waals surface area contributed by atoms with Crippen LogP contribution in [0.15, 0.2) is 57.7 Å². The van der Waals surface area contributed by atoms with Crippen LogP contribution < -0.4 is 10.9 Å². The second-order valence-corrected chi connectivity index (χ2v) is 4.94. The first-order chi connectivity index (χ1) is 10.5. The van der Waals surface area contributed by atoms with E-state index in [1.54, 1.807) is 18.2 Å². The summed E-state index contributed by atoms with van der Waals surface area (Å²) in [5.74, 6) is -0.365. The number of aromatic hydroxyl groups is 1. The van der Waals surface area contributed by atoms with Gasteiger partial charge in [-0.25, -0.2) is 4.79 Å². The van der Waals surface area contributed by atoms with E-state index in [4.69, 9.17) is 4.42 Å². The molecule has 1 heterocycles. The van der Waals surface area contributed by atoms with Crippen molar-refractivity contribution in [1.29, 1.82) is 0 Å². The molecule has 0 saturated heterocycles. The number of phenols is 1. The van der Waals surface area contributed by atoms with Gasteiger partial charge in [-0.3, -0.25) is 4.79 Å². The van der Waals surface area contributed by atoms with Crippen LogP contribution in [0.1, 0.15) is 15.9 Å². The zero-order chi connectivity index (χ0) is 15.7. The summed E-state index contributed by atoms with van der Waals surface area (Å²) >= 11 is 0. The lowest BCUT2D eigenvalue weighted by Gasteiger charge is -2.07. The standard InChI is InChI=1S/C17H13NO4/c1-10-4-2-3-5-13(10)16(20)18-14-8-11-6-7-12(19)9-15(11)22-17(14)21/h2-9,19H,1H3,(H,18,20). The molecule has 0 saturated carbocycles. The van der Waals surface area contributed by atoms with E-state index in [1.165, 1.54) is 18.2 Å². The number of aryl methyl sites for hydroxylation is 1. The molecular formula is C17H13NO4. The fourth-order valence-electron chi connectivity index (χ4n) is 2.20. The fourth-order valence-corrected chi connectivity index (χ4v) is 2.20. The fraction of sp³-hybridized carbons (Fsp3) is 0.0588. The zero-order valence-corrected chi connectivity index (χ0v) is 11.8. The maximum Gasteiger partial charge on any atom is 0.360 e. The van der Waals surface area contributed by atoms with E-state index in [-0.39, 0.29) is 22.9 Å². The third kappa shape index (κ3) is 2.56. The molecule has 5 heteroatoms. The molecule has 3 aromatic rings. The molecule has 22 heavy (non-hydrogen) atoms. The third-order valence-corrected chi connectivity index (χ3v) is 3.36. The lowest BCUT2D eigenvalue weighted by Crippen LogP contribution is -2.18. The topological polar surface area (TPSA) is 79.5 Å². The maximum absolute atomic E-state index is 12.2. The van der Waals surface area contributed by atoms with Crippen molar-refractivity contribution in [2.45, 2.75) is 6.92 Å². The van der Waals surface area contributed by atoms with Gasteiger partial charge in [0.2, 0.25) is 0 Å². The number of phenolic OH excluding ortho intramolecular Hbond substituents is 1. The largest absolute Gasteiger partial charge is 0.508 e. The molecule has 0 spiro atoms. The van der Waals surface area contributed by atoms with Crippen molar-refractivity contribution in [3.05, 3.63) is 70.1 Å². The molecule has 0 aliphatic rings. The number of anilines is 1. The highest BCUT2D eigenvalue weighted by molar-refractivity contribution is 6.05. The number of rotatable bonds is 2. The SMILES string of the molecule is Cc1ccccc1C(=O)Nc1cc2ccc(O)cc2oc1=O. The van der Waals surface area contributed by atoms with Crippen LogP contribution in [-0.4, -0.2) is 11.0 Å². The Bertz CT molecular complexity index is 927. The van der Waals surface area contributed by atoms with Gasteiger partial charge in [-0.1, -0.05) is 18.2 Å². The Morgan fingerprint density at radius 2 is 1.91 bits per heavy atom. The highest BCUT2D eigenvalue weighted by Gasteiger charge is 2.12. The van der Waals surface area contributed by atoms with Crippen LogP contribution in [0.3, 0.4) is 0 Å². The summed E-state index contributed by atoms with van der Waals surface area (Å²) in [6, 6.07) is 13.1. The number of fused-ring (bicyclic) bond motifs is 1. The monoisotopic (exact) mass is 295 g/mol. The van der Waals surface area contributed by atoms with E-state index in [1.807, 2.05) is 19.1 Å². The number of carbonyl (C=O) groups excluding carboxylic acids is 1. The van der Waals surface area contributed by atoms with Crippen LogP contribution in [0, 0.1) is 6.92 Å². The Morgan fingerprint density at radius 1 is 1.14 bits per heavy atom. The highest BCUT2D eigenvalue weighted by Crippen LogP contribution is 2.21. The molecule has 3 rings (SSSR count). The van der Waals surface area contributed by atoms with Crippen molar-refractivity contribution in [3.8, 4) is 5.75 Å². The van der Waals surface area contributed by atoms with Crippen molar-refractivity contribution in [1.82, 2.24) is 0 Å². The quantitative estimate of drug-likeness (QED) is 0.712. The Labute approximate surface area is 125 Å². The summed E-state index contributed by atoms with van der Waals surface area (Å²) in [5.41, 5.74) is 0.966. The van der Waals surface area contributed by atoms with Gasteiger partial charge in [-0.2, -0.15) is 0 Å². The van der Waals surface area contributed by atoms with Crippen molar-refractivity contribution in [2.75, 3.05) is 5.32 Å². The Kier molecular flexibility index (Phi) is 3.39. The minimum Gasteiger partial charge on any atom is -0.508 e. The highest BCUT2D eigenvalue weighted by atomic mass is 16.4. The first-order valence-corrected chi connectivity index (χ1v) is 6.68. The normalized spacial score (nSPS) is 10.6. The number of carbonyl (C=O) groups is 1. The molecule has 1 aromatic heterocycles. The van der Waals surface area contributed by atoms with Crippen LogP contribution in [0.4, 0.5) is 5.69 Å². The van der Waals surface area contributed by atoms with Gasteiger partial charge in [-0.15, -0.1) is 0 Å². The molecule has 0 bridgehead atoms. The second-order valence-electron chi connectivity index (χ2n) is 4.94. The van der Waals surface area contributed by atoms with Crippen LogP contribution >= 0.6 is 0 Å². The molecule has 0 unspecified atom stereocenters. The molecule has 0 aliphatic heterocycles.